The van der Waals surface area contributed by atoms with Crippen molar-refractivity contribution in [2.75, 3.05) is 6.54 Å². The summed E-state index contributed by atoms with van der Waals surface area (Å²) >= 11 is 0. The number of aliphatic carboxylic acids is 1. The first-order valence-electron chi connectivity index (χ1n) is 4.64. The van der Waals surface area contributed by atoms with Crippen molar-refractivity contribution in [3.63, 3.8) is 0 Å². The highest BCUT2D eigenvalue weighted by Crippen LogP contribution is 2.14. The van der Waals surface area contributed by atoms with Gasteiger partial charge in [0.2, 0.25) is 0 Å². The Kier molecular flexibility index (Phi) is 3.49. The SMILES string of the molecule is CCc1oc(C(=O)NCC(=O)O)cc1C. The predicted molar refractivity (Wildman–Crippen MR) is 52.8 cm³/mol. The number of carboxylic acids is 1. The van der Waals surface area contributed by atoms with E-state index in [0.29, 0.717) is 6.42 Å². The van der Waals surface area contributed by atoms with Gasteiger partial charge in [0.15, 0.2) is 5.76 Å². The third-order valence-electron chi connectivity index (χ3n) is 1.97. The summed E-state index contributed by atoms with van der Waals surface area (Å²) < 4.78 is 5.25. The third kappa shape index (κ3) is 2.83. The van der Waals surface area contributed by atoms with Gasteiger partial charge in [-0.3, -0.25) is 9.59 Å². The zero-order valence-electron chi connectivity index (χ0n) is 8.66. The second-order valence-electron chi connectivity index (χ2n) is 3.15. The Labute approximate surface area is 87.1 Å². The van der Waals surface area contributed by atoms with Crippen molar-refractivity contribution in [2.45, 2.75) is 20.3 Å². The van der Waals surface area contributed by atoms with Crippen molar-refractivity contribution in [3.05, 3.63) is 23.2 Å². The van der Waals surface area contributed by atoms with E-state index in [1.54, 1.807) is 6.07 Å². The van der Waals surface area contributed by atoms with Gasteiger partial charge in [-0.15, -0.1) is 0 Å². The minimum atomic E-state index is -1.08. The van der Waals surface area contributed by atoms with E-state index in [4.69, 9.17) is 9.52 Å². The van der Waals surface area contributed by atoms with Crippen molar-refractivity contribution >= 4 is 11.9 Å². The number of nitrogens with one attached hydrogen (secondary N) is 1. The Morgan fingerprint density at radius 2 is 2.20 bits per heavy atom. The van der Waals surface area contributed by atoms with E-state index >= 15 is 0 Å². The molecule has 82 valence electrons. The molecule has 5 nitrogen and oxygen atoms in total. The minimum absolute atomic E-state index is 0.158. The first kappa shape index (κ1) is 11.3. The molecule has 1 rings (SSSR count). The Balaban J connectivity index is 2.69. The molecule has 0 bridgehead atoms. The number of carboxylic acid groups (broad SMARTS) is 1. The van der Waals surface area contributed by atoms with E-state index in [1.165, 1.54) is 0 Å². The summed E-state index contributed by atoms with van der Waals surface area (Å²) in [5.74, 6) is -0.677. The van der Waals surface area contributed by atoms with E-state index < -0.39 is 18.4 Å². The fraction of sp³-hybridized carbons (Fsp3) is 0.400. The second-order valence-corrected chi connectivity index (χ2v) is 3.15. The molecular weight excluding hydrogens is 198 g/mol. The van der Waals surface area contributed by atoms with Crippen LogP contribution >= 0.6 is 0 Å². The maximum absolute atomic E-state index is 11.4. The lowest BCUT2D eigenvalue weighted by atomic mass is 10.2. The molecule has 0 aliphatic heterocycles. The zero-order chi connectivity index (χ0) is 11.4. The summed E-state index contributed by atoms with van der Waals surface area (Å²) in [4.78, 5) is 21.6. The number of carbonyl (C=O) groups is 2. The summed E-state index contributed by atoms with van der Waals surface area (Å²) in [6.45, 7) is 3.36. The molecular formula is C10H13NO4. The first-order valence-corrected chi connectivity index (χ1v) is 4.64. The number of amides is 1. The maximum Gasteiger partial charge on any atom is 0.322 e. The minimum Gasteiger partial charge on any atom is -0.480 e. The predicted octanol–water partition coefficient (Wildman–Crippen LogP) is 0.965. The highest BCUT2D eigenvalue weighted by molar-refractivity contribution is 5.93. The normalized spacial score (nSPS) is 10.0. The van der Waals surface area contributed by atoms with Crippen LogP contribution < -0.4 is 5.32 Å². The highest BCUT2D eigenvalue weighted by Gasteiger charge is 2.13. The van der Waals surface area contributed by atoms with Crippen LogP contribution in [0, 0.1) is 6.92 Å². The molecule has 0 aliphatic rings. The molecule has 0 radical (unpaired) electrons. The van der Waals surface area contributed by atoms with Crippen LogP contribution in [0.25, 0.3) is 0 Å². The van der Waals surface area contributed by atoms with Gasteiger partial charge in [0.25, 0.3) is 5.91 Å². The molecule has 0 unspecified atom stereocenters. The highest BCUT2D eigenvalue weighted by atomic mass is 16.4. The quantitative estimate of drug-likeness (QED) is 0.777. The molecule has 0 saturated carbocycles. The lowest BCUT2D eigenvalue weighted by molar-refractivity contribution is -0.135. The van der Waals surface area contributed by atoms with Crippen molar-refractivity contribution in [1.82, 2.24) is 5.32 Å². The van der Waals surface area contributed by atoms with Gasteiger partial charge in [0.05, 0.1) is 0 Å². The molecule has 1 aromatic rings. The van der Waals surface area contributed by atoms with Gasteiger partial charge in [-0.05, 0) is 18.6 Å². The molecule has 0 atom stereocenters. The van der Waals surface area contributed by atoms with Crippen LogP contribution in [0.2, 0.25) is 0 Å². The van der Waals surface area contributed by atoms with Crippen LogP contribution in [0.15, 0.2) is 10.5 Å². The van der Waals surface area contributed by atoms with Crippen molar-refractivity contribution in [2.24, 2.45) is 0 Å². The lowest BCUT2D eigenvalue weighted by Gasteiger charge is -1.97. The topological polar surface area (TPSA) is 79.5 Å². The average molecular weight is 211 g/mol. The van der Waals surface area contributed by atoms with E-state index in [1.807, 2.05) is 13.8 Å². The molecule has 0 fully saturated rings. The lowest BCUT2D eigenvalue weighted by Crippen LogP contribution is -2.28. The van der Waals surface area contributed by atoms with Crippen molar-refractivity contribution < 1.29 is 19.1 Å². The van der Waals surface area contributed by atoms with Crippen LogP contribution in [-0.2, 0) is 11.2 Å². The molecule has 0 aromatic carbocycles. The number of rotatable bonds is 4. The van der Waals surface area contributed by atoms with E-state index in [0.717, 1.165) is 11.3 Å². The molecule has 0 saturated heterocycles. The smallest absolute Gasteiger partial charge is 0.322 e. The molecule has 5 heteroatoms. The Bertz CT molecular complexity index is 381. The summed E-state index contributed by atoms with van der Waals surface area (Å²) in [5, 5.41) is 10.6. The Morgan fingerprint density at radius 1 is 1.53 bits per heavy atom. The van der Waals surface area contributed by atoms with E-state index in [2.05, 4.69) is 5.32 Å². The molecule has 2 N–H and O–H groups in total. The van der Waals surface area contributed by atoms with Crippen LogP contribution in [-0.4, -0.2) is 23.5 Å². The van der Waals surface area contributed by atoms with Gasteiger partial charge in [-0.2, -0.15) is 0 Å². The Morgan fingerprint density at radius 3 is 2.67 bits per heavy atom. The summed E-state index contributed by atoms with van der Waals surface area (Å²) in [7, 11) is 0. The summed E-state index contributed by atoms with van der Waals surface area (Å²) in [6, 6.07) is 1.61. The standard InChI is InChI=1S/C10H13NO4/c1-3-7-6(2)4-8(15-7)10(14)11-5-9(12)13/h4H,3,5H2,1-2H3,(H,11,14)(H,12,13). The summed E-state index contributed by atoms with van der Waals surface area (Å²) in [5.41, 5.74) is 0.901. The number of carbonyl (C=O) groups excluding carboxylic acids is 1. The van der Waals surface area contributed by atoms with Gasteiger partial charge >= 0.3 is 5.97 Å². The van der Waals surface area contributed by atoms with Gasteiger partial charge in [-0.1, -0.05) is 6.92 Å². The second kappa shape index (κ2) is 4.63. The van der Waals surface area contributed by atoms with Gasteiger partial charge in [-0.25, -0.2) is 0 Å². The monoisotopic (exact) mass is 211 g/mol. The largest absolute Gasteiger partial charge is 0.480 e. The molecule has 1 aromatic heterocycles. The Hall–Kier alpha value is -1.78. The van der Waals surface area contributed by atoms with Gasteiger partial charge in [0, 0.05) is 6.42 Å². The van der Waals surface area contributed by atoms with Gasteiger partial charge in [0.1, 0.15) is 12.3 Å². The number of hydrogen-bond acceptors (Lipinski definition) is 3. The number of hydrogen-bond donors (Lipinski definition) is 2. The van der Waals surface area contributed by atoms with Crippen LogP contribution in [0.1, 0.15) is 28.8 Å². The van der Waals surface area contributed by atoms with E-state index in [-0.39, 0.29) is 5.76 Å². The number of furan rings is 1. The van der Waals surface area contributed by atoms with Crippen molar-refractivity contribution in [3.8, 4) is 0 Å². The molecule has 1 heterocycles. The van der Waals surface area contributed by atoms with Crippen LogP contribution in [0.4, 0.5) is 0 Å². The fourth-order valence-corrected chi connectivity index (χ4v) is 1.23. The average Bonchev–Trinajstić information content (AvgIpc) is 2.56. The summed E-state index contributed by atoms with van der Waals surface area (Å²) in [6.07, 6.45) is 0.706. The first-order chi connectivity index (χ1) is 7.04. The molecule has 0 aliphatic carbocycles. The molecule has 1 amide bonds. The van der Waals surface area contributed by atoms with Crippen LogP contribution in [0.5, 0.6) is 0 Å². The number of aryl methyl sites for hydroxylation is 2. The molecule has 15 heavy (non-hydrogen) atoms. The van der Waals surface area contributed by atoms with E-state index in [9.17, 15) is 9.59 Å². The third-order valence-corrected chi connectivity index (χ3v) is 1.97. The van der Waals surface area contributed by atoms with Crippen molar-refractivity contribution in [1.29, 1.82) is 0 Å². The zero-order valence-corrected chi connectivity index (χ0v) is 8.66. The molecule has 0 spiro atoms. The maximum atomic E-state index is 11.4. The van der Waals surface area contributed by atoms with Gasteiger partial charge < -0.3 is 14.8 Å². The van der Waals surface area contributed by atoms with Crippen LogP contribution in [0.3, 0.4) is 0 Å². The fourth-order valence-electron chi connectivity index (χ4n) is 1.23.